The Labute approximate surface area is 189 Å². The van der Waals surface area contributed by atoms with Gasteiger partial charge in [-0.2, -0.15) is 5.26 Å². The maximum absolute atomic E-state index is 12.8. The van der Waals surface area contributed by atoms with E-state index in [0.29, 0.717) is 42.1 Å². The predicted molar refractivity (Wildman–Crippen MR) is 118 cm³/mol. The van der Waals surface area contributed by atoms with Gasteiger partial charge in [-0.05, 0) is 52.2 Å². The number of methoxy groups -OCH3 is 1. The number of nitrogens with two attached hydrogens (primary N) is 1. The minimum atomic E-state index is -0.560. The molecule has 31 heavy (non-hydrogen) atoms. The lowest BCUT2D eigenvalue weighted by Gasteiger charge is -2.31. The fourth-order valence-corrected chi connectivity index (χ4v) is 4.40. The van der Waals surface area contributed by atoms with Gasteiger partial charge in [0.25, 0.3) is 0 Å². The van der Waals surface area contributed by atoms with Crippen molar-refractivity contribution in [1.29, 1.82) is 5.26 Å². The van der Waals surface area contributed by atoms with Crippen molar-refractivity contribution in [1.82, 2.24) is 0 Å². The number of hydrogen-bond donors (Lipinski definition) is 1. The molecule has 2 aromatic rings. The van der Waals surface area contributed by atoms with Gasteiger partial charge in [-0.1, -0.05) is 18.2 Å². The number of carbonyl (C=O) groups is 1. The third kappa shape index (κ3) is 4.04. The van der Waals surface area contributed by atoms with Crippen molar-refractivity contribution in [3.05, 3.63) is 80.9 Å². The van der Waals surface area contributed by atoms with E-state index in [1.165, 1.54) is 0 Å². The largest absolute Gasteiger partial charge is 0.496 e. The van der Waals surface area contributed by atoms with Gasteiger partial charge >= 0.3 is 0 Å². The molecule has 1 heterocycles. The van der Waals surface area contributed by atoms with Gasteiger partial charge in [-0.15, -0.1) is 0 Å². The summed E-state index contributed by atoms with van der Waals surface area (Å²) in [5, 5.41) is 9.77. The fourth-order valence-electron chi connectivity index (χ4n) is 4.00. The number of para-hydroxylation sites is 1. The second-order valence-corrected chi connectivity index (χ2v) is 8.18. The summed E-state index contributed by atoms with van der Waals surface area (Å²) >= 11 is 3.48. The van der Waals surface area contributed by atoms with E-state index >= 15 is 0 Å². The van der Waals surface area contributed by atoms with Crippen LogP contribution >= 0.6 is 15.9 Å². The van der Waals surface area contributed by atoms with Crippen molar-refractivity contribution in [3.63, 3.8) is 0 Å². The van der Waals surface area contributed by atoms with Crippen molar-refractivity contribution in [3.8, 4) is 17.6 Å². The molecule has 0 radical (unpaired) electrons. The standard InChI is InChI=1S/C24H21BrN2O4/c1-29-19-10-9-14(11-15(19)13-30-20-7-3-2-5-17(20)25)22-16(12-26)24(27)31-21-8-4-6-18(28)23(21)22/h2-3,5,7,9-11,22H,4,6,8,13,27H2,1H3. The summed E-state index contributed by atoms with van der Waals surface area (Å²) in [6, 6.07) is 15.3. The van der Waals surface area contributed by atoms with Gasteiger partial charge in [-0.3, -0.25) is 4.79 Å². The zero-order valence-electron chi connectivity index (χ0n) is 17.0. The quantitative estimate of drug-likeness (QED) is 0.656. The zero-order valence-corrected chi connectivity index (χ0v) is 18.6. The summed E-state index contributed by atoms with van der Waals surface area (Å²) < 4.78 is 18.0. The first-order valence-electron chi connectivity index (χ1n) is 9.91. The molecule has 1 aliphatic heterocycles. The summed E-state index contributed by atoms with van der Waals surface area (Å²) in [6.45, 7) is 0.254. The molecule has 2 aliphatic rings. The molecule has 1 aliphatic carbocycles. The Balaban J connectivity index is 1.74. The summed E-state index contributed by atoms with van der Waals surface area (Å²) in [6.07, 6.45) is 1.78. The third-order valence-electron chi connectivity index (χ3n) is 5.46. The number of nitrogens with zero attached hydrogens (tertiary/aromatic N) is 1. The fraction of sp³-hybridized carbons (Fsp3) is 0.250. The van der Waals surface area contributed by atoms with Gasteiger partial charge in [0.1, 0.15) is 35.5 Å². The van der Waals surface area contributed by atoms with E-state index in [9.17, 15) is 10.1 Å². The summed E-state index contributed by atoms with van der Waals surface area (Å²) in [7, 11) is 1.59. The van der Waals surface area contributed by atoms with E-state index in [0.717, 1.165) is 15.6 Å². The number of carbonyl (C=O) groups excluding carboxylic acids is 1. The summed E-state index contributed by atoms with van der Waals surface area (Å²) in [4.78, 5) is 12.8. The molecular formula is C24H21BrN2O4. The molecule has 7 heteroatoms. The average Bonchev–Trinajstić information content (AvgIpc) is 2.77. The molecular weight excluding hydrogens is 460 g/mol. The van der Waals surface area contributed by atoms with Crippen LogP contribution in [0.2, 0.25) is 0 Å². The third-order valence-corrected chi connectivity index (χ3v) is 6.12. The van der Waals surface area contributed by atoms with Crippen LogP contribution in [0.5, 0.6) is 11.5 Å². The van der Waals surface area contributed by atoms with Crippen molar-refractivity contribution in [2.75, 3.05) is 7.11 Å². The smallest absolute Gasteiger partial charge is 0.205 e. The first kappa shape index (κ1) is 21.0. The number of ether oxygens (including phenoxy) is 3. The zero-order chi connectivity index (χ0) is 22.0. The SMILES string of the molecule is COc1ccc(C2C(C#N)=C(N)OC3=C2C(=O)CCC3)cc1COc1ccccc1Br. The molecule has 158 valence electrons. The van der Waals surface area contributed by atoms with Crippen molar-refractivity contribution in [2.24, 2.45) is 5.73 Å². The minimum absolute atomic E-state index is 0.00617. The maximum Gasteiger partial charge on any atom is 0.205 e. The van der Waals surface area contributed by atoms with Crippen LogP contribution in [-0.2, 0) is 16.1 Å². The van der Waals surface area contributed by atoms with Crippen LogP contribution in [-0.4, -0.2) is 12.9 Å². The van der Waals surface area contributed by atoms with E-state index in [2.05, 4.69) is 22.0 Å². The Bertz CT molecular complexity index is 1150. The van der Waals surface area contributed by atoms with Crippen molar-refractivity contribution >= 4 is 21.7 Å². The van der Waals surface area contributed by atoms with Gasteiger partial charge in [0.2, 0.25) is 5.88 Å². The highest BCUT2D eigenvalue weighted by atomic mass is 79.9. The Kier molecular flexibility index (Phi) is 6.01. The Morgan fingerprint density at radius 1 is 1.23 bits per heavy atom. The van der Waals surface area contributed by atoms with Gasteiger partial charge in [0.05, 0.1) is 17.5 Å². The number of ketones is 1. The molecule has 0 spiro atoms. The highest BCUT2D eigenvalue weighted by Gasteiger charge is 2.38. The van der Waals surface area contributed by atoms with E-state index in [4.69, 9.17) is 19.9 Å². The maximum atomic E-state index is 12.8. The molecule has 6 nitrogen and oxygen atoms in total. The van der Waals surface area contributed by atoms with Gasteiger partial charge in [0.15, 0.2) is 5.78 Å². The Morgan fingerprint density at radius 2 is 2.03 bits per heavy atom. The number of nitriles is 1. The first-order chi connectivity index (χ1) is 15.0. The van der Waals surface area contributed by atoms with Crippen LogP contribution < -0.4 is 15.2 Å². The van der Waals surface area contributed by atoms with Gasteiger partial charge < -0.3 is 19.9 Å². The molecule has 0 amide bonds. The molecule has 2 N–H and O–H groups in total. The highest BCUT2D eigenvalue weighted by molar-refractivity contribution is 9.10. The number of allylic oxidation sites excluding steroid dienone is 3. The van der Waals surface area contributed by atoms with Crippen LogP contribution in [0.15, 0.2) is 69.7 Å². The number of hydrogen-bond acceptors (Lipinski definition) is 6. The number of halogens is 1. The van der Waals surface area contributed by atoms with E-state index < -0.39 is 5.92 Å². The summed E-state index contributed by atoms with van der Waals surface area (Å²) in [5.74, 6) is 1.42. The second-order valence-electron chi connectivity index (χ2n) is 7.33. The topological polar surface area (TPSA) is 94.6 Å². The number of benzene rings is 2. The van der Waals surface area contributed by atoms with Crippen LogP contribution in [0.1, 0.15) is 36.3 Å². The molecule has 0 saturated carbocycles. The molecule has 0 aromatic heterocycles. The molecule has 1 atom stereocenters. The lowest BCUT2D eigenvalue weighted by atomic mass is 9.77. The average molecular weight is 481 g/mol. The lowest BCUT2D eigenvalue weighted by molar-refractivity contribution is -0.116. The summed E-state index contributed by atoms with van der Waals surface area (Å²) in [5.41, 5.74) is 8.39. The molecule has 4 rings (SSSR count). The molecule has 0 saturated heterocycles. The Hall–Kier alpha value is -3.24. The van der Waals surface area contributed by atoms with Crippen LogP contribution in [0, 0.1) is 11.3 Å². The van der Waals surface area contributed by atoms with Crippen LogP contribution in [0.25, 0.3) is 0 Å². The van der Waals surface area contributed by atoms with E-state index in [1.54, 1.807) is 7.11 Å². The Morgan fingerprint density at radius 3 is 2.77 bits per heavy atom. The molecule has 2 aromatic carbocycles. The van der Waals surface area contributed by atoms with Crippen LogP contribution in [0.3, 0.4) is 0 Å². The number of rotatable bonds is 5. The molecule has 1 unspecified atom stereocenters. The first-order valence-corrected chi connectivity index (χ1v) is 10.7. The lowest BCUT2D eigenvalue weighted by Crippen LogP contribution is -2.27. The molecule has 0 bridgehead atoms. The van der Waals surface area contributed by atoms with Gasteiger partial charge in [0, 0.05) is 24.0 Å². The predicted octanol–water partition coefficient (Wildman–Crippen LogP) is 4.85. The normalized spacial score (nSPS) is 18.2. The second kappa shape index (κ2) is 8.86. The van der Waals surface area contributed by atoms with E-state index in [-0.39, 0.29) is 23.8 Å². The van der Waals surface area contributed by atoms with E-state index in [1.807, 2.05) is 42.5 Å². The van der Waals surface area contributed by atoms with Gasteiger partial charge in [-0.25, -0.2) is 0 Å². The minimum Gasteiger partial charge on any atom is -0.496 e. The van der Waals surface area contributed by atoms with Crippen molar-refractivity contribution in [2.45, 2.75) is 31.8 Å². The van der Waals surface area contributed by atoms with Crippen LogP contribution in [0.4, 0.5) is 0 Å². The van der Waals surface area contributed by atoms with Crippen molar-refractivity contribution < 1.29 is 19.0 Å². The monoisotopic (exact) mass is 480 g/mol. The number of Topliss-reactive ketones (excluding diaryl/α,β-unsaturated/α-hetero) is 1. The molecule has 0 fully saturated rings. The highest BCUT2D eigenvalue weighted by Crippen LogP contribution is 2.44.